The number of thiazole rings is 1. The lowest BCUT2D eigenvalue weighted by atomic mass is 10.1. The van der Waals surface area contributed by atoms with E-state index in [-0.39, 0.29) is 4.90 Å². The van der Waals surface area contributed by atoms with Crippen molar-refractivity contribution in [3.8, 4) is 0 Å². The highest BCUT2D eigenvalue weighted by Gasteiger charge is 2.14. The van der Waals surface area contributed by atoms with Crippen LogP contribution in [-0.2, 0) is 16.4 Å². The number of hydrogen-bond acceptors (Lipinski definition) is 5. The first-order chi connectivity index (χ1) is 9.49. The Kier molecular flexibility index (Phi) is 4.87. The SMILES string of the molecule is CC(O)c1cccc(S(=O)(=O)NCCc2cscn2)c1. The fraction of sp³-hybridized carbons (Fsp3) is 0.308. The van der Waals surface area contributed by atoms with Crippen LogP contribution in [0, 0.1) is 0 Å². The number of aliphatic hydroxyl groups excluding tert-OH is 1. The van der Waals surface area contributed by atoms with Crippen LogP contribution in [0.1, 0.15) is 24.3 Å². The van der Waals surface area contributed by atoms with E-state index in [1.807, 2.05) is 5.38 Å². The van der Waals surface area contributed by atoms with E-state index in [0.29, 0.717) is 18.5 Å². The number of nitrogens with zero attached hydrogens (tertiary/aromatic N) is 1. The number of aromatic nitrogens is 1. The molecule has 0 radical (unpaired) electrons. The third-order valence-corrected chi connectivity index (χ3v) is 4.90. The summed E-state index contributed by atoms with van der Waals surface area (Å²) < 4.78 is 26.8. The van der Waals surface area contributed by atoms with Gasteiger partial charge in [-0.15, -0.1) is 11.3 Å². The summed E-state index contributed by atoms with van der Waals surface area (Å²) in [5, 5.41) is 11.4. The first kappa shape index (κ1) is 15.1. The molecular weight excluding hydrogens is 296 g/mol. The molecule has 108 valence electrons. The molecule has 0 amide bonds. The Morgan fingerprint density at radius 2 is 2.25 bits per heavy atom. The second kappa shape index (κ2) is 6.45. The van der Waals surface area contributed by atoms with Crippen molar-refractivity contribution in [1.82, 2.24) is 9.71 Å². The number of nitrogens with one attached hydrogen (secondary N) is 1. The smallest absolute Gasteiger partial charge is 0.240 e. The zero-order valence-corrected chi connectivity index (χ0v) is 12.6. The van der Waals surface area contributed by atoms with Crippen LogP contribution in [0.15, 0.2) is 40.1 Å². The van der Waals surface area contributed by atoms with E-state index in [1.54, 1.807) is 24.6 Å². The molecule has 1 heterocycles. The third-order valence-electron chi connectivity index (χ3n) is 2.81. The van der Waals surface area contributed by atoms with Gasteiger partial charge in [0.1, 0.15) is 0 Å². The number of benzene rings is 1. The second-order valence-electron chi connectivity index (χ2n) is 4.38. The number of aliphatic hydroxyl groups is 1. The highest BCUT2D eigenvalue weighted by atomic mass is 32.2. The minimum Gasteiger partial charge on any atom is -0.389 e. The largest absolute Gasteiger partial charge is 0.389 e. The predicted molar refractivity (Wildman–Crippen MR) is 78.1 cm³/mol. The van der Waals surface area contributed by atoms with E-state index in [9.17, 15) is 13.5 Å². The molecule has 0 saturated heterocycles. The van der Waals surface area contributed by atoms with Gasteiger partial charge in [-0.05, 0) is 24.6 Å². The van der Waals surface area contributed by atoms with Crippen molar-refractivity contribution >= 4 is 21.4 Å². The fourth-order valence-corrected chi connectivity index (χ4v) is 3.38. The van der Waals surface area contributed by atoms with E-state index in [0.717, 1.165) is 5.69 Å². The molecule has 7 heteroatoms. The van der Waals surface area contributed by atoms with Gasteiger partial charge in [0.05, 0.1) is 22.2 Å². The Balaban J connectivity index is 2.04. The summed E-state index contributed by atoms with van der Waals surface area (Å²) in [6.45, 7) is 1.90. The van der Waals surface area contributed by atoms with Gasteiger partial charge in [-0.1, -0.05) is 12.1 Å². The second-order valence-corrected chi connectivity index (χ2v) is 6.86. The van der Waals surface area contributed by atoms with Crippen LogP contribution in [0.5, 0.6) is 0 Å². The number of rotatable bonds is 6. The minimum absolute atomic E-state index is 0.161. The summed E-state index contributed by atoms with van der Waals surface area (Å²) in [7, 11) is -3.56. The van der Waals surface area contributed by atoms with E-state index < -0.39 is 16.1 Å². The summed E-state index contributed by atoms with van der Waals surface area (Å²) in [4.78, 5) is 4.26. The van der Waals surface area contributed by atoms with Crippen LogP contribution in [0.3, 0.4) is 0 Å². The summed E-state index contributed by atoms with van der Waals surface area (Å²) in [6, 6.07) is 6.31. The normalized spacial score (nSPS) is 13.3. The quantitative estimate of drug-likeness (QED) is 0.851. The molecular formula is C13H16N2O3S2. The lowest BCUT2D eigenvalue weighted by molar-refractivity contribution is 0.199. The average molecular weight is 312 g/mol. The van der Waals surface area contributed by atoms with Crippen LogP contribution in [0.4, 0.5) is 0 Å². The molecule has 0 fully saturated rings. The van der Waals surface area contributed by atoms with Gasteiger partial charge in [0, 0.05) is 18.3 Å². The Labute approximate surface area is 122 Å². The van der Waals surface area contributed by atoms with Crippen molar-refractivity contribution in [1.29, 1.82) is 0 Å². The number of sulfonamides is 1. The average Bonchev–Trinajstić information content (AvgIpc) is 2.92. The summed E-state index contributed by atoms with van der Waals surface area (Å²) in [6.07, 6.45) is -0.140. The molecule has 1 aromatic heterocycles. The fourth-order valence-electron chi connectivity index (χ4n) is 1.70. The van der Waals surface area contributed by atoms with Crippen LogP contribution in [0.2, 0.25) is 0 Å². The molecule has 2 aromatic rings. The molecule has 1 atom stereocenters. The third kappa shape index (κ3) is 3.86. The number of hydrogen-bond donors (Lipinski definition) is 2. The van der Waals surface area contributed by atoms with Crippen LogP contribution >= 0.6 is 11.3 Å². The molecule has 0 spiro atoms. The lowest BCUT2D eigenvalue weighted by Gasteiger charge is -2.09. The Hall–Kier alpha value is -1.28. The summed E-state index contributed by atoms with van der Waals surface area (Å²) in [5.41, 5.74) is 3.17. The topological polar surface area (TPSA) is 79.3 Å². The van der Waals surface area contributed by atoms with Crippen molar-refractivity contribution in [3.63, 3.8) is 0 Å². The van der Waals surface area contributed by atoms with Gasteiger partial charge in [0.2, 0.25) is 10.0 Å². The lowest BCUT2D eigenvalue weighted by Crippen LogP contribution is -2.26. The van der Waals surface area contributed by atoms with Crippen molar-refractivity contribution in [2.24, 2.45) is 0 Å². The van der Waals surface area contributed by atoms with Crippen molar-refractivity contribution in [2.45, 2.75) is 24.3 Å². The molecule has 2 N–H and O–H groups in total. The maximum absolute atomic E-state index is 12.1. The molecule has 5 nitrogen and oxygen atoms in total. The Bertz CT molecular complexity index is 652. The first-order valence-electron chi connectivity index (χ1n) is 6.14. The predicted octanol–water partition coefficient (Wildman–Crippen LogP) is 1.72. The van der Waals surface area contributed by atoms with E-state index in [1.165, 1.54) is 23.5 Å². The van der Waals surface area contributed by atoms with Crippen LogP contribution in [0.25, 0.3) is 0 Å². The molecule has 2 rings (SSSR count). The zero-order valence-electron chi connectivity index (χ0n) is 11.0. The van der Waals surface area contributed by atoms with Crippen molar-refractivity contribution < 1.29 is 13.5 Å². The van der Waals surface area contributed by atoms with Gasteiger partial charge < -0.3 is 5.11 Å². The molecule has 20 heavy (non-hydrogen) atoms. The van der Waals surface area contributed by atoms with Gasteiger partial charge in [0.15, 0.2) is 0 Å². The molecule has 0 bridgehead atoms. The van der Waals surface area contributed by atoms with E-state index >= 15 is 0 Å². The molecule has 0 aliphatic rings. The van der Waals surface area contributed by atoms with Crippen LogP contribution < -0.4 is 4.72 Å². The van der Waals surface area contributed by atoms with Gasteiger partial charge in [-0.2, -0.15) is 0 Å². The summed E-state index contributed by atoms with van der Waals surface area (Å²) >= 11 is 1.48. The van der Waals surface area contributed by atoms with Gasteiger partial charge >= 0.3 is 0 Å². The Morgan fingerprint density at radius 1 is 1.45 bits per heavy atom. The van der Waals surface area contributed by atoms with Crippen molar-refractivity contribution in [3.05, 3.63) is 46.4 Å². The van der Waals surface area contributed by atoms with E-state index in [4.69, 9.17) is 0 Å². The molecule has 1 unspecified atom stereocenters. The standard InChI is InChI=1S/C13H16N2O3S2/c1-10(16)11-3-2-4-13(7-11)20(17,18)15-6-5-12-8-19-9-14-12/h2-4,7-10,15-16H,5-6H2,1H3. The maximum atomic E-state index is 12.1. The molecule has 0 saturated carbocycles. The minimum atomic E-state index is -3.56. The Morgan fingerprint density at radius 3 is 2.90 bits per heavy atom. The highest BCUT2D eigenvalue weighted by molar-refractivity contribution is 7.89. The molecule has 0 aliphatic heterocycles. The molecule has 1 aromatic carbocycles. The van der Waals surface area contributed by atoms with Crippen LogP contribution in [-0.4, -0.2) is 25.1 Å². The monoisotopic (exact) mass is 312 g/mol. The maximum Gasteiger partial charge on any atom is 0.240 e. The van der Waals surface area contributed by atoms with E-state index in [2.05, 4.69) is 9.71 Å². The first-order valence-corrected chi connectivity index (χ1v) is 8.56. The summed E-state index contributed by atoms with van der Waals surface area (Å²) in [5.74, 6) is 0. The van der Waals surface area contributed by atoms with Gasteiger partial charge in [-0.3, -0.25) is 0 Å². The van der Waals surface area contributed by atoms with Gasteiger partial charge in [0.25, 0.3) is 0 Å². The molecule has 0 aliphatic carbocycles. The van der Waals surface area contributed by atoms with Gasteiger partial charge in [-0.25, -0.2) is 18.1 Å². The highest BCUT2D eigenvalue weighted by Crippen LogP contribution is 2.17. The van der Waals surface area contributed by atoms with Crippen molar-refractivity contribution in [2.75, 3.05) is 6.54 Å². The zero-order chi connectivity index (χ0) is 14.6.